The van der Waals surface area contributed by atoms with Crippen LogP contribution in [0.4, 0.5) is 11.4 Å². The van der Waals surface area contributed by atoms with Crippen molar-refractivity contribution in [1.82, 2.24) is 0 Å². The number of nitro benzene ring substituents is 1. The molecule has 0 saturated carbocycles. The van der Waals surface area contributed by atoms with E-state index in [-0.39, 0.29) is 17.3 Å². The Morgan fingerprint density at radius 2 is 1.91 bits per heavy atom. The molecule has 0 aliphatic carbocycles. The number of carbonyl (C=O) groups excluding carboxylic acids is 1. The van der Waals surface area contributed by atoms with Gasteiger partial charge in [-0.05, 0) is 32.0 Å². The molecule has 2 aromatic rings. The topological polar surface area (TPSA) is 81.5 Å². The lowest BCUT2D eigenvalue weighted by atomic mass is 10.2. The molecule has 0 heterocycles. The van der Waals surface area contributed by atoms with Crippen LogP contribution >= 0.6 is 0 Å². The molecule has 22 heavy (non-hydrogen) atoms. The van der Waals surface area contributed by atoms with E-state index in [0.717, 1.165) is 5.56 Å². The Morgan fingerprint density at radius 3 is 2.55 bits per heavy atom. The Balaban J connectivity index is 2.00. The molecule has 6 heteroatoms. The van der Waals surface area contributed by atoms with Crippen molar-refractivity contribution < 1.29 is 14.5 Å². The van der Waals surface area contributed by atoms with Crippen LogP contribution in [0.15, 0.2) is 48.5 Å². The number of ether oxygens (including phenoxy) is 1. The maximum atomic E-state index is 12.1. The van der Waals surface area contributed by atoms with Gasteiger partial charge in [0, 0.05) is 11.8 Å². The number of aryl methyl sites for hydroxylation is 1. The van der Waals surface area contributed by atoms with Crippen molar-refractivity contribution in [3.05, 3.63) is 64.2 Å². The van der Waals surface area contributed by atoms with Gasteiger partial charge < -0.3 is 10.1 Å². The van der Waals surface area contributed by atoms with Crippen LogP contribution in [0.3, 0.4) is 0 Å². The Kier molecular flexibility index (Phi) is 4.73. The molecule has 0 spiro atoms. The highest BCUT2D eigenvalue weighted by Crippen LogP contribution is 2.20. The maximum Gasteiger partial charge on any atom is 0.273 e. The largest absolute Gasteiger partial charge is 0.481 e. The number of anilines is 1. The quantitative estimate of drug-likeness (QED) is 0.678. The van der Waals surface area contributed by atoms with E-state index in [9.17, 15) is 14.9 Å². The number of non-ortho nitro benzene ring substituents is 1. The van der Waals surface area contributed by atoms with Gasteiger partial charge in [0.1, 0.15) is 5.75 Å². The minimum absolute atomic E-state index is 0.0800. The van der Waals surface area contributed by atoms with E-state index in [2.05, 4.69) is 5.32 Å². The van der Waals surface area contributed by atoms with Crippen LogP contribution in [0.25, 0.3) is 0 Å². The summed E-state index contributed by atoms with van der Waals surface area (Å²) in [7, 11) is 0. The van der Waals surface area contributed by atoms with Crippen LogP contribution < -0.4 is 10.1 Å². The Morgan fingerprint density at radius 1 is 1.23 bits per heavy atom. The zero-order valence-electron chi connectivity index (χ0n) is 12.3. The van der Waals surface area contributed by atoms with E-state index in [1.165, 1.54) is 18.2 Å². The summed E-state index contributed by atoms with van der Waals surface area (Å²) in [6.07, 6.45) is -0.775. The molecule has 0 bridgehead atoms. The zero-order valence-corrected chi connectivity index (χ0v) is 12.3. The SMILES string of the molecule is Cc1ccc(NC(=O)[C@@H](C)Oc2cccc([N+](=O)[O-])c2)cc1. The van der Waals surface area contributed by atoms with Crippen molar-refractivity contribution in [1.29, 1.82) is 0 Å². The Labute approximate surface area is 127 Å². The maximum absolute atomic E-state index is 12.1. The van der Waals surface area contributed by atoms with E-state index in [4.69, 9.17) is 4.74 Å². The minimum Gasteiger partial charge on any atom is -0.481 e. The first-order valence-corrected chi connectivity index (χ1v) is 6.74. The number of benzene rings is 2. The summed E-state index contributed by atoms with van der Waals surface area (Å²) in [6.45, 7) is 3.54. The average Bonchev–Trinajstić information content (AvgIpc) is 2.49. The lowest BCUT2D eigenvalue weighted by molar-refractivity contribution is -0.384. The minimum atomic E-state index is -0.775. The molecule has 0 saturated heterocycles. The number of nitro groups is 1. The monoisotopic (exact) mass is 300 g/mol. The van der Waals surface area contributed by atoms with Crippen LogP contribution in [0.1, 0.15) is 12.5 Å². The highest BCUT2D eigenvalue weighted by molar-refractivity contribution is 5.94. The molecular weight excluding hydrogens is 284 g/mol. The van der Waals surface area contributed by atoms with Crippen molar-refractivity contribution in [2.45, 2.75) is 20.0 Å². The molecule has 0 aliphatic heterocycles. The van der Waals surface area contributed by atoms with Crippen LogP contribution in [-0.2, 0) is 4.79 Å². The van der Waals surface area contributed by atoms with Gasteiger partial charge in [0.2, 0.25) is 0 Å². The fourth-order valence-electron chi connectivity index (χ4n) is 1.81. The second kappa shape index (κ2) is 6.71. The third-order valence-corrected chi connectivity index (χ3v) is 3.03. The highest BCUT2D eigenvalue weighted by atomic mass is 16.6. The van der Waals surface area contributed by atoms with Crippen molar-refractivity contribution in [2.24, 2.45) is 0 Å². The van der Waals surface area contributed by atoms with Gasteiger partial charge in [-0.2, -0.15) is 0 Å². The summed E-state index contributed by atoms with van der Waals surface area (Å²) in [5, 5.41) is 13.4. The molecule has 1 N–H and O–H groups in total. The molecule has 0 fully saturated rings. The van der Waals surface area contributed by atoms with E-state index in [1.54, 1.807) is 25.1 Å². The number of nitrogens with zero attached hydrogens (tertiary/aromatic N) is 1. The predicted octanol–water partition coefficient (Wildman–Crippen LogP) is 3.31. The fourth-order valence-corrected chi connectivity index (χ4v) is 1.81. The lowest BCUT2D eigenvalue weighted by Gasteiger charge is -2.14. The molecular formula is C16H16N2O4. The van der Waals surface area contributed by atoms with Crippen molar-refractivity contribution in [3.8, 4) is 5.75 Å². The van der Waals surface area contributed by atoms with Gasteiger partial charge in [0.05, 0.1) is 11.0 Å². The smallest absolute Gasteiger partial charge is 0.273 e. The zero-order chi connectivity index (χ0) is 16.1. The Hall–Kier alpha value is -2.89. The van der Waals surface area contributed by atoms with Gasteiger partial charge >= 0.3 is 0 Å². The summed E-state index contributed by atoms with van der Waals surface area (Å²) in [5.74, 6) is -0.0453. The van der Waals surface area contributed by atoms with Crippen LogP contribution in [0, 0.1) is 17.0 Å². The molecule has 2 aromatic carbocycles. The van der Waals surface area contributed by atoms with Gasteiger partial charge in [-0.15, -0.1) is 0 Å². The van der Waals surface area contributed by atoms with Crippen LogP contribution in [0.5, 0.6) is 5.75 Å². The summed E-state index contributed by atoms with van der Waals surface area (Å²) < 4.78 is 5.45. The lowest BCUT2D eigenvalue weighted by Crippen LogP contribution is -2.30. The second-order valence-electron chi connectivity index (χ2n) is 4.87. The average molecular weight is 300 g/mol. The molecule has 1 amide bonds. The summed E-state index contributed by atoms with van der Waals surface area (Å²) >= 11 is 0. The van der Waals surface area contributed by atoms with Crippen molar-refractivity contribution in [3.63, 3.8) is 0 Å². The Bertz CT molecular complexity index is 683. The highest BCUT2D eigenvalue weighted by Gasteiger charge is 2.16. The van der Waals surface area contributed by atoms with Crippen molar-refractivity contribution >= 4 is 17.3 Å². The van der Waals surface area contributed by atoms with Crippen molar-refractivity contribution in [2.75, 3.05) is 5.32 Å². The summed E-state index contributed by atoms with van der Waals surface area (Å²) in [6, 6.07) is 13.1. The predicted molar refractivity (Wildman–Crippen MR) is 83.0 cm³/mol. The molecule has 6 nitrogen and oxygen atoms in total. The van der Waals surface area contributed by atoms with Gasteiger partial charge in [0.15, 0.2) is 6.10 Å². The molecule has 0 radical (unpaired) electrons. The number of hydrogen-bond donors (Lipinski definition) is 1. The first-order chi connectivity index (χ1) is 10.5. The first kappa shape index (κ1) is 15.5. The molecule has 0 aromatic heterocycles. The van der Waals surface area contributed by atoms with E-state index in [1.807, 2.05) is 19.1 Å². The van der Waals surface area contributed by atoms with Crippen LogP contribution in [0.2, 0.25) is 0 Å². The third-order valence-electron chi connectivity index (χ3n) is 3.03. The molecule has 0 aliphatic rings. The number of nitrogens with one attached hydrogen (secondary N) is 1. The number of hydrogen-bond acceptors (Lipinski definition) is 4. The molecule has 114 valence electrons. The van der Waals surface area contributed by atoms with Gasteiger partial charge in [0.25, 0.3) is 11.6 Å². The van der Waals surface area contributed by atoms with E-state index in [0.29, 0.717) is 5.69 Å². The van der Waals surface area contributed by atoms with Gasteiger partial charge in [-0.3, -0.25) is 14.9 Å². The molecule has 1 atom stereocenters. The van der Waals surface area contributed by atoms with Gasteiger partial charge in [-0.25, -0.2) is 0 Å². The fraction of sp³-hybridized carbons (Fsp3) is 0.188. The normalized spacial score (nSPS) is 11.5. The third kappa shape index (κ3) is 4.05. The number of carbonyl (C=O) groups is 1. The number of amides is 1. The molecule has 0 unspecified atom stereocenters. The summed E-state index contributed by atoms with van der Waals surface area (Å²) in [4.78, 5) is 22.3. The van der Waals surface area contributed by atoms with E-state index < -0.39 is 11.0 Å². The second-order valence-corrected chi connectivity index (χ2v) is 4.87. The summed E-state index contributed by atoms with van der Waals surface area (Å²) in [5.41, 5.74) is 1.69. The standard InChI is InChI=1S/C16H16N2O4/c1-11-6-8-13(9-7-11)17-16(19)12(2)22-15-5-3-4-14(10-15)18(20)21/h3-10,12H,1-2H3,(H,17,19)/t12-/m1/s1. The van der Waals surface area contributed by atoms with E-state index >= 15 is 0 Å². The van der Waals surface area contributed by atoms with Gasteiger partial charge in [-0.1, -0.05) is 23.8 Å². The molecule has 2 rings (SSSR count). The first-order valence-electron chi connectivity index (χ1n) is 6.74. The number of rotatable bonds is 5. The van der Waals surface area contributed by atoms with Crippen LogP contribution in [-0.4, -0.2) is 16.9 Å².